The SMILES string of the molecule is O=c1c(N2CCNCC2)c(N(Cc2ccc(-c3nnc(C(F)F)o3)cc2F)c2cccc(Br)c2)c1=O. The standard InChI is InChI=1S/C24H19BrF3N5O3/c25-15-2-1-3-16(11-15)33(19-18(20(34)21(19)35)32-8-6-29-7-9-32)12-14-5-4-13(10-17(14)26)23-30-31-24(36-23)22(27)28/h1-5,10-11,22,29H,6-9,12H2. The molecule has 1 aromatic heterocycles. The minimum absolute atomic E-state index is 0.0569. The summed E-state index contributed by atoms with van der Waals surface area (Å²) in [4.78, 5) is 28.9. The Morgan fingerprint density at radius 1 is 1.08 bits per heavy atom. The minimum atomic E-state index is -2.94. The predicted molar refractivity (Wildman–Crippen MR) is 131 cm³/mol. The van der Waals surface area contributed by atoms with E-state index in [1.165, 1.54) is 12.1 Å². The number of anilines is 3. The first-order valence-corrected chi connectivity index (χ1v) is 11.8. The van der Waals surface area contributed by atoms with Crippen LogP contribution in [0.2, 0.25) is 0 Å². The molecule has 2 heterocycles. The van der Waals surface area contributed by atoms with Crippen molar-refractivity contribution >= 4 is 33.0 Å². The van der Waals surface area contributed by atoms with Crippen molar-refractivity contribution in [1.82, 2.24) is 15.5 Å². The van der Waals surface area contributed by atoms with E-state index in [2.05, 4.69) is 31.4 Å². The fourth-order valence-corrected chi connectivity index (χ4v) is 4.55. The molecule has 12 heteroatoms. The highest BCUT2D eigenvalue weighted by Gasteiger charge is 2.32. The number of alkyl halides is 2. The van der Waals surface area contributed by atoms with Crippen molar-refractivity contribution < 1.29 is 17.6 Å². The largest absolute Gasteiger partial charge is 0.415 e. The molecule has 186 valence electrons. The van der Waals surface area contributed by atoms with Gasteiger partial charge in [0.25, 0.3) is 16.7 Å². The highest BCUT2D eigenvalue weighted by molar-refractivity contribution is 9.10. The van der Waals surface area contributed by atoms with Gasteiger partial charge in [0.05, 0.1) is 6.54 Å². The number of nitrogens with one attached hydrogen (secondary N) is 1. The van der Waals surface area contributed by atoms with Crippen LogP contribution in [-0.2, 0) is 6.54 Å². The second kappa shape index (κ2) is 9.86. The van der Waals surface area contributed by atoms with Gasteiger partial charge in [0.15, 0.2) is 0 Å². The number of nitrogens with zero attached hydrogens (tertiary/aromatic N) is 4. The zero-order chi connectivity index (χ0) is 25.4. The molecule has 3 aromatic carbocycles. The molecular formula is C24H19BrF3N5O3. The predicted octanol–water partition coefficient (Wildman–Crippen LogP) is 3.92. The second-order valence-corrected chi connectivity index (χ2v) is 9.13. The molecule has 8 nitrogen and oxygen atoms in total. The molecule has 36 heavy (non-hydrogen) atoms. The third-order valence-corrected chi connectivity index (χ3v) is 6.43. The van der Waals surface area contributed by atoms with E-state index in [0.717, 1.165) is 10.5 Å². The van der Waals surface area contributed by atoms with E-state index >= 15 is 4.39 Å². The molecule has 0 bridgehead atoms. The van der Waals surface area contributed by atoms with Gasteiger partial charge in [-0.2, -0.15) is 8.78 Å². The lowest BCUT2D eigenvalue weighted by Gasteiger charge is -2.35. The molecule has 5 rings (SSSR count). The lowest BCUT2D eigenvalue weighted by atomic mass is 10.1. The van der Waals surface area contributed by atoms with Crippen molar-refractivity contribution in [1.29, 1.82) is 0 Å². The first-order chi connectivity index (χ1) is 17.3. The van der Waals surface area contributed by atoms with Crippen LogP contribution in [0.3, 0.4) is 0 Å². The van der Waals surface area contributed by atoms with Gasteiger partial charge >= 0.3 is 6.43 Å². The molecule has 0 spiro atoms. The molecule has 1 N–H and O–H groups in total. The van der Waals surface area contributed by atoms with E-state index in [4.69, 9.17) is 4.42 Å². The smallest absolute Gasteiger partial charge is 0.314 e. The van der Waals surface area contributed by atoms with Crippen molar-refractivity contribution in [2.75, 3.05) is 36.0 Å². The fraction of sp³-hybridized carbons (Fsp3) is 0.250. The number of aromatic nitrogens is 2. The summed E-state index contributed by atoms with van der Waals surface area (Å²) in [5, 5.41) is 10.0. The van der Waals surface area contributed by atoms with Crippen molar-refractivity contribution in [2.24, 2.45) is 0 Å². The molecule has 4 aromatic rings. The van der Waals surface area contributed by atoms with Crippen LogP contribution in [0.4, 0.5) is 30.2 Å². The Morgan fingerprint density at radius 3 is 2.53 bits per heavy atom. The van der Waals surface area contributed by atoms with Gasteiger partial charge in [-0.05, 0) is 30.3 Å². The second-order valence-electron chi connectivity index (χ2n) is 8.21. The van der Waals surface area contributed by atoms with Crippen LogP contribution in [0, 0.1) is 5.82 Å². The summed E-state index contributed by atoms with van der Waals surface area (Å²) < 4.78 is 46.4. The first-order valence-electron chi connectivity index (χ1n) is 11.1. The minimum Gasteiger partial charge on any atom is -0.415 e. The zero-order valence-electron chi connectivity index (χ0n) is 18.7. The number of hydrogen-bond donors (Lipinski definition) is 1. The average Bonchev–Trinajstić information content (AvgIpc) is 3.38. The maximum absolute atomic E-state index is 15.2. The van der Waals surface area contributed by atoms with Crippen molar-refractivity contribution in [3.63, 3.8) is 0 Å². The van der Waals surface area contributed by atoms with Crippen LogP contribution in [0.15, 0.2) is 60.9 Å². The van der Waals surface area contributed by atoms with E-state index in [1.54, 1.807) is 23.1 Å². The van der Waals surface area contributed by atoms with Crippen LogP contribution < -0.4 is 26.0 Å². The van der Waals surface area contributed by atoms with Gasteiger partial charge in [-0.3, -0.25) is 9.59 Å². The third-order valence-electron chi connectivity index (χ3n) is 5.94. The van der Waals surface area contributed by atoms with Gasteiger partial charge in [0, 0.05) is 47.5 Å². The first kappa shape index (κ1) is 24.2. The molecule has 1 fully saturated rings. The number of piperazine rings is 1. The van der Waals surface area contributed by atoms with Gasteiger partial charge in [-0.25, -0.2) is 4.39 Å². The van der Waals surface area contributed by atoms with E-state index in [9.17, 15) is 18.4 Å². The van der Waals surface area contributed by atoms with Gasteiger partial charge in [-0.1, -0.05) is 28.1 Å². The molecule has 1 aliphatic rings. The van der Waals surface area contributed by atoms with Crippen molar-refractivity contribution in [3.05, 3.63) is 84.7 Å². The fourth-order valence-electron chi connectivity index (χ4n) is 4.16. The molecular weight excluding hydrogens is 543 g/mol. The highest BCUT2D eigenvalue weighted by atomic mass is 79.9. The van der Waals surface area contributed by atoms with Crippen molar-refractivity contribution in [2.45, 2.75) is 13.0 Å². The third kappa shape index (κ3) is 4.53. The number of benzene rings is 2. The number of rotatable bonds is 7. The van der Waals surface area contributed by atoms with Gasteiger partial charge in [0.1, 0.15) is 17.2 Å². The Balaban J connectivity index is 1.52. The van der Waals surface area contributed by atoms with E-state index < -0.39 is 29.0 Å². The van der Waals surface area contributed by atoms with Gasteiger partial charge in [0.2, 0.25) is 5.89 Å². The van der Waals surface area contributed by atoms with E-state index in [0.29, 0.717) is 37.6 Å². The van der Waals surface area contributed by atoms with Crippen LogP contribution in [0.25, 0.3) is 11.5 Å². The summed E-state index contributed by atoms with van der Waals surface area (Å²) in [6, 6.07) is 11.2. The summed E-state index contributed by atoms with van der Waals surface area (Å²) in [7, 11) is 0. The maximum Gasteiger partial charge on any atom is 0.314 e. The lowest BCUT2D eigenvalue weighted by molar-refractivity contribution is 0.116. The monoisotopic (exact) mass is 561 g/mol. The molecule has 1 aliphatic heterocycles. The average molecular weight is 562 g/mol. The van der Waals surface area contributed by atoms with Crippen LogP contribution in [0.5, 0.6) is 0 Å². The normalized spacial score (nSPS) is 14.1. The summed E-state index contributed by atoms with van der Waals surface area (Å²) in [6.07, 6.45) is -2.94. The zero-order valence-corrected chi connectivity index (χ0v) is 20.3. The Hall–Kier alpha value is -3.51. The Labute approximate surface area is 211 Å². The van der Waals surface area contributed by atoms with E-state index in [-0.39, 0.29) is 29.2 Å². The Morgan fingerprint density at radius 2 is 1.86 bits per heavy atom. The number of halogens is 4. The Bertz CT molecular complexity index is 1480. The van der Waals surface area contributed by atoms with Crippen LogP contribution in [-0.4, -0.2) is 36.4 Å². The van der Waals surface area contributed by atoms with Gasteiger partial charge in [-0.15, -0.1) is 10.2 Å². The molecule has 0 atom stereocenters. The topological polar surface area (TPSA) is 91.6 Å². The molecule has 0 amide bonds. The van der Waals surface area contributed by atoms with E-state index in [1.807, 2.05) is 11.0 Å². The molecule has 0 radical (unpaired) electrons. The molecule has 0 aliphatic carbocycles. The summed E-state index contributed by atoms with van der Waals surface area (Å²) >= 11 is 3.42. The maximum atomic E-state index is 15.2. The van der Waals surface area contributed by atoms with Crippen LogP contribution in [0.1, 0.15) is 17.9 Å². The van der Waals surface area contributed by atoms with Crippen LogP contribution >= 0.6 is 15.9 Å². The molecule has 0 unspecified atom stereocenters. The van der Waals surface area contributed by atoms with Gasteiger partial charge < -0.3 is 19.5 Å². The quantitative estimate of drug-likeness (QED) is 0.339. The highest BCUT2D eigenvalue weighted by Crippen LogP contribution is 2.35. The molecule has 0 saturated carbocycles. The lowest BCUT2D eigenvalue weighted by Crippen LogP contribution is -2.51. The summed E-state index contributed by atoms with van der Waals surface area (Å²) in [5.41, 5.74) is 0.285. The Kier molecular flexibility index (Phi) is 6.63. The summed E-state index contributed by atoms with van der Waals surface area (Å²) in [6.45, 7) is 2.43. The molecule has 1 saturated heterocycles. The summed E-state index contributed by atoms with van der Waals surface area (Å²) in [5.74, 6) is -1.74. The van der Waals surface area contributed by atoms with Crippen molar-refractivity contribution in [3.8, 4) is 11.5 Å². The number of hydrogen-bond acceptors (Lipinski definition) is 8.